The van der Waals surface area contributed by atoms with E-state index in [1.165, 1.54) is 16.7 Å². The monoisotopic (exact) mass is 435 g/mol. The Hall–Kier alpha value is -1.83. The van der Waals surface area contributed by atoms with E-state index in [-0.39, 0.29) is 5.91 Å². The van der Waals surface area contributed by atoms with Crippen molar-refractivity contribution in [2.75, 3.05) is 19.1 Å². The van der Waals surface area contributed by atoms with Crippen molar-refractivity contribution in [1.29, 1.82) is 0 Å². The van der Waals surface area contributed by atoms with Gasteiger partial charge in [0.15, 0.2) is 4.32 Å². The second-order valence-corrected chi connectivity index (χ2v) is 7.70. The summed E-state index contributed by atoms with van der Waals surface area (Å²) in [6.45, 7) is 0. The van der Waals surface area contributed by atoms with Crippen LogP contribution in [0.4, 0.5) is 5.69 Å². The smallest absolute Gasteiger partial charge is 0.270 e. The Bertz CT molecular complexity index is 882. The molecule has 1 fully saturated rings. The number of carbonyl (C=O) groups is 1. The van der Waals surface area contributed by atoms with Crippen molar-refractivity contribution < 1.29 is 14.3 Å². The third-order valence-corrected chi connectivity index (χ3v) is 5.38. The summed E-state index contributed by atoms with van der Waals surface area (Å²) >= 11 is 10.1. The number of thioether (sulfide) groups is 1. The number of hydrogen-bond donors (Lipinski definition) is 0. The fourth-order valence-electron chi connectivity index (χ4n) is 2.40. The molecule has 25 heavy (non-hydrogen) atoms. The van der Waals surface area contributed by atoms with Gasteiger partial charge in [-0.05, 0) is 42.5 Å². The highest BCUT2D eigenvalue weighted by molar-refractivity contribution is 9.10. The highest BCUT2D eigenvalue weighted by Gasteiger charge is 2.33. The zero-order valence-electron chi connectivity index (χ0n) is 13.5. The van der Waals surface area contributed by atoms with E-state index in [1.54, 1.807) is 26.4 Å². The number of benzene rings is 2. The molecule has 0 bridgehead atoms. The fraction of sp³-hybridized carbons (Fsp3) is 0.111. The molecule has 0 aliphatic carbocycles. The number of anilines is 1. The molecular weight excluding hydrogens is 422 g/mol. The SMILES string of the molecule is COc1ccc(OC)c(/C=C2/SC(=S)N(c3cccc(Br)c3)C2=O)c1. The van der Waals surface area contributed by atoms with Gasteiger partial charge in [0.25, 0.3) is 5.91 Å². The van der Waals surface area contributed by atoms with Crippen LogP contribution in [-0.4, -0.2) is 24.4 Å². The summed E-state index contributed by atoms with van der Waals surface area (Å²) in [4.78, 5) is 14.9. The molecule has 0 N–H and O–H groups in total. The first-order valence-electron chi connectivity index (χ1n) is 7.29. The minimum absolute atomic E-state index is 0.155. The van der Waals surface area contributed by atoms with Crippen LogP contribution in [0.15, 0.2) is 51.8 Å². The Labute approximate surface area is 163 Å². The van der Waals surface area contributed by atoms with E-state index < -0.39 is 0 Å². The van der Waals surface area contributed by atoms with Crippen molar-refractivity contribution in [3.8, 4) is 11.5 Å². The van der Waals surface area contributed by atoms with Crippen LogP contribution >= 0.6 is 39.9 Å². The Balaban J connectivity index is 1.98. The van der Waals surface area contributed by atoms with Gasteiger partial charge in [-0.2, -0.15) is 0 Å². The first-order chi connectivity index (χ1) is 12.0. The fourth-order valence-corrected chi connectivity index (χ4v) is 4.08. The van der Waals surface area contributed by atoms with Crippen LogP contribution in [0.2, 0.25) is 0 Å². The van der Waals surface area contributed by atoms with Crippen LogP contribution in [0.3, 0.4) is 0 Å². The standard InChI is InChI=1S/C18H14BrNO3S2/c1-22-14-6-7-15(23-2)11(8-14)9-16-17(21)20(18(24)25-16)13-5-3-4-12(19)10-13/h3-10H,1-2H3/b16-9+. The molecule has 7 heteroatoms. The van der Waals surface area contributed by atoms with Crippen LogP contribution in [0.1, 0.15) is 5.56 Å². The molecule has 0 unspecified atom stereocenters. The molecule has 3 rings (SSSR count). The quantitative estimate of drug-likeness (QED) is 0.505. The number of methoxy groups -OCH3 is 2. The molecule has 1 saturated heterocycles. The van der Waals surface area contributed by atoms with E-state index in [9.17, 15) is 4.79 Å². The van der Waals surface area contributed by atoms with Crippen molar-refractivity contribution in [2.24, 2.45) is 0 Å². The maximum absolute atomic E-state index is 12.8. The number of hydrogen-bond acceptors (Lipinski definition) is 5. The summed E-state index contributed by atoms with van der Waals surface area (Å²) in [7, 11) is 3.18. The Kier molecular flexibility index (Phi) is 5.46. The van der Waals surface area contributed by atoms with E-state index in [1.807, 2.05) is 36.4 Å². The lowest BCUT2D eigenvalue weighted by molar-refractivity contribution is -0.113. The molecule has 1 aliphatic heterocycles. The minimum Gasteiger partial charge on any atom is -0.497 e. The Morgan fingerprint density at radius 3 is 2.64 bits per heavy atom. The minimum atomic E-state index is -0.155. The number of thiocarbonyl (C=S) groups is 1. The number of ether oxygens (including phenoxy) is 2. The normalized spacial score (nSPS) is 15.8. The highest BCUT2D eigenvalue weighted by Crippen LogP contribution is 2.38. The van der Waals surface area contributed by atoms with Gasteiger partial charge in [-0.3, -0.25) is 9.69 Å². The van der Waals surface area contributed by atoms with Gasteiger partial charge in [-0.1, -0.05) is 46.0 Å². The molecule has 1 amide bonds. The van der Waals surface area contributed by atoms with Gasteiger partial charge in [-0.25, -0.2) is 0 Å². The van der Waals surface area contributed by atoms with Crippen molar-refractivity contribution in [3.63, 3.8) is 0 Å². The lowest BCUT2D eigenvalue weighted by Crippen LogP contribution is -2.27. The molecule has 2 aromatic rings. The first-order valence-corrected chi connectivity index (χ1v) is 9.31. The van der Waals surface area contributed by atoms with Crippen molar-refractivity contribution in [3.05, 3.63) is 57.4 Å². The average molecular weight is 436 g/mol. The number of rotatable bonds is 4. The number of amides is 1. The summed E-state index contributed by atoms with van der Waals surface area (Å²) in [6, 6.07) is 12.9. The molecule has 0 atom stereocenters. The maximum atomic E-state index is 12.8. The largest absolute Gasteiger partial charge is 0.497 e. The van der Waals surface area contributed by atoms with Crippen LogP contribution in [0, 0.1) is 0 Å². The molecule has 1 aliphatic rings. The van der Waals surface area contributed by atoms with E-state index in [0.29, 0.717) is 20.7 Å². The molecule has 1 heterocycles. The lowest BCUT2D eigenvalue weighted by Gasteiger charge is -2.14. The Morgan fingerprint density at radius 1 is 1.16 bits per heavy atom. The number of nitrogens with zero attached hydrogens (tertiary/aromatic N) is 1. The van der Waals surface area contributed by atoms with E-state index >= 15 is 0 Å². The molecule has 0 aromatic heterocycles. The van der Waals surface area contributed by atoms with Crippen LogP contribution in [0.25, 0.3) is 6.08 Å². The topological polar surface area (TPSA) is 38.8 Å². The molecule has 0 saturated carbocycles. The first kappa shape index (κ1) is 18.0. The predicted octanol–water partition coefficient (Wildman–Crippen LogP) is 4.87. The summed E-state index contributed by atoms with van der Waals surface area (Å²) in [5, 5.41) is 0. The molecule has 0 radical (unpaired) electrons. The summed E-state index contributed by atoms with van der Waals surface area (Å²) in [5.74, 6) is 1.20. The summed E-state index contributed by atoms with van der Waals surface area (Å²) in [6.07, 6.45) is 1.78. The highest BCUT2D eigenvalue weighted by atomic mass is 79.9. The van der Waals surface area contributed by atoms with Gasteiger partial charge in [0.1, 0.15) is 11.5 Å². The van der Waals surface area contributed by atoms with Crippen molar-refractivity contribution in [2.45, 2.75) is 0 Å². The van der Waals surface area contributed by atoms with Crippen molar-refractivity contribution in [1.82, 2.24) is 0 Å². The van der Waals surface area contributed by atoms with Gasteiger partial charge in [0, 0.05) is 10.0 Å². The number of halogens is 1. The lowest BCUT2D eigenvalue weighted by atomic mass is 10.1. The van der Waals surface area contributed by atoms with E-state index in [2.05, 4.69) is 15.9 Å². The molecular formula is C18H14BrNO3S2. The average Bonchev–Trinajstić information content (AvgIpc) is 2.88. The Morgan fingerprint density at radius 2 is 1.96 bits per heavy atom. The van der Waals surface area contributed by atoms with Crippen LogP contribution in [-0.2, 0) is 4.79 Å². The van der Waals surface area contributed by atoms with Crippen molar-refractivity contribution >= 4 is 61.9 Å². The van der Waals surface area contributed by atoms with Crippen LogP contribution < -0.4 is 14.4 Å². The van der Waals surface area contributed by atoms with Gasteiger partial charge >= 0.3 is 0 Å². The number of carbonyl (C=O) groups excluding carboxylic acids is 1. The second kappa shape index (κ2) is 7.59. The molecule has 4 nitrogen and oxygen atoms in total. The van der Waals surface area contributed by atoms with E-state index in [4.69, 9.17) is 21.7 Å². The summed E-state index contributed by atoms with van der Waals surface area (Å²) < 4.78 is 12.0. The summed E-state index contributed by atoms with van der Waals surface area (Å²) in [5.41, 5.74) is 1.49. The predicted molar refractivity (Wildman–Crippen MR) is 109 cm³/mol. The molecule has 2 aromatic carbocycles. The second-order valence-electron chi connectivity index (χ2n) is 5.10. The zero-order chi connectivity index (χ0) is 18.0. The zero-order valence-corrected chi connectivity index (χ0v) is 16.7. The van der Waals surface area contributed by atoms with Gasteiger partial charge in [0.05, 0.1) is 24.8 Å². The molecule has 128 valence electrons. The maximum Gasteiger partial charge on any atom is 0.270 e. The third-order valence-electron chi connectivity index (χ3n) is 3.58. The van der Waals surface area contributed by atoms with Crippen LogP contribution in [0.5, 0.6) is 11.5 Å². The van der Waals surface area contributed by atoms with Gasteiger partial charge in [0.2, 0.25) is 0 Å². The van der Waals surface area contributed by atoms with Gasteiger partial charge < -0.3 is 9.47 Å². The van der Waals surface area contributed by atoms with E-state index in [0.717, 1.165) is 15.7 Å². The molecule has 0 spiro atoms. The third kappa shape index (κ3) is 3.73. The van der Waals surface area contributed by atoms with Gasteiger partial charge in [-0.15, -0.1) is 0 Å².